The lowest BCUT2D eigenvalue weighted by atomic mass is 10.3. The van der Waals surface area contributed by atoms with Crippen LogP contribution < -0.4 is 10.5 Å². The summed E-state index contributed by atoms with van der Waals surface area (Å²) in [6, 6.07) is 7.70. The fourth-order valence-electron chi connectivity index (χ4n) is 1.70. The Bertz CT molecular complexity index is 376. The largest absolute Gasteiger partial charge is 0.488 e. The van der Waals surface area contributed by atoms with E-state index in [9.17, 15) is 0 Å². The molecular weight excluding hydrogens is 240 g/mol. The molecule has 2 N–H and O–H groups in total. The van der Waals surface area contributed by atoms with Crippen molar-refractivity contribution >= 4 is 13.8 Å². The van der Waals surface area contributed by atoms with Crippen molar-refractivity contribution in [3.8, 4) is 5.75 Å². The van der Waals surface area contributed by atoms with Gasteiger partial charge in [-0.1, -0.05) is 19.6 Å². The quantitative estimate of drug-likeness (QED) is 0.505. The molecule has 1 unspecified atom stereocenters. The number of nitrogens with two attached hydrogens (primary N) is 1. The lowest BCUT2D eigenvalue weighted by Crippen LogP contribution is -2.53. The van der Waals surface area contributed by atoms with Gasteiger partial charge in [-0.05, 0) is 24.3 Å². The molecule has 4 heteroatoms. The van der Waals surface area contributed by atoms with E-state index in [0.717, 1.165) is 22.5 Å². The van der Waals surface area contributed by atoms with Crippen molar-refractivity contribution in [2.45, 2.75) is 25.4 Å². The van der Waals surface area contributed by atoms with Gasteiger partial charge in [0.2, 0.25) is 0 Å². The Morgan fingerprint density at radius 3 is 2.00 bits per heavy atom. The molecule has 1 atom stereocenters. The topological polar surface area (TPSA) is 35.2 Å². The minimum Gasteiger partial charge on any atom is -0.488 e. The first-order chi connectivity index (χ1) is 8.08. The number of quaternary nitrogens is 1. The van der Waals surface area contributed by atoms with E-state index >= 15 is 0 Å². The van der Waals surface area contributed by atoms with Crippen molar-refractivity contribution < 1.29 is 9.22 Å². The fraction of sp³-hybridized carbons (Fsp3) is 0.571. The maximum Gasteiger partial charge on any atom is 0.134 e. The Morgan fingerprint density at radius 1 is 1.11 bits per heavy atom. The first-order valence-electron chi connectivity index (χ1n) is 6.40. The van der Waals surface area contributed by atoms with Gasteiger partial charge in [0, 0.05) is 5.69 Å². The summed E-state index contributed by atoms with van der Waals surface area (Å²) in [5.41, 5.74) is 6.78. The van der Waals surface area contributed by atoms with Crippen LogP contribution in [0.5, 0.6) is 5.75 Å². The zero-order valence-corrected chi connectivity index (χ0v) is 13.5. The maximum absolute atomic E-state index is 6.20. The zero-order valence-electron chi connectivity index (χ0n) is 12.5. The number of likely N-dealkylation sites (N-methyl/N-ethyl adjacent to an activating group) is 1. The summed E-state index contributed by atoms with van der Waals surface area (Å²) in [6.45, 7) is 8.08. The van der Waals surface area contributed by atoms with Gasteiger partial charge >= 0.3 is 0 Å². The van der Waals surface area contributed by atoms with Gasteiger partial charge in [0.05, 0.1) is 21.1 Å². The summed E-state index contributed by atoms with van der Waals surface area (Å²) in [6.07, 6.45) is 0. The van der Waals surface area contributed by atoms with Crippen LogP contribution in [0.15, 0.2) is 24.3 Å². The van der Waals surface area contributed by atoms with Crippen LogP contribution in [0.3, 0.4) is 0 Å². The van der Waals surface area contributed by atoms with Gasteiger partial charge in [-0.25, -0.2) is 0 Å². The molecule has 0 bridgehead atoms. The lowest BCUT2D eigenvalue weighted by Gasteiger charge is -2.35. The van der Waals surface area contributed by atoms with Crippen molar-refractivity contribution in [1.29, 1.82) is 0 Å². The first kappa shape index (κ1) is 15.1. The molecule has 0 saturated heterocycles. The smallest absolute Gasteiger partial charge is 0.134 e. The number of hydrogen-bond donors (Lipinski definition) is 1. The summed E-state index contributed by atoms with van der Waals surface area (Å²) < 4.78 is 7.12. The van der Waals surface area contributed by atoms with Gasteiger partial charge < -0.3 is 15.0 Å². The van der Waals surface area contributed by atoms with Crippen molar-refractivity contribution in [3.05, 3.63) is 24.3 Å². The fourth-order valence-corrected chi connectivity index (χ4v) is 3.28. The van der Waals surface area contributed by atoms with Crippen molar-refractivity contribution in [3.63, 3.8) is 0 Å². The van der Waals surface area contributed by atoms with Crippen LogP contribution in [0.25, 0.3) is 0 Å². The van der Waals surface area contributed by atoms with E-state index in [1.807, 2.05) is 24.3 Å². The molecule has 0 aliphatic carbocycles. The highest BCUT2D eigenvalue weighted by Crippen LogP contribution is 2.20. The second-order valence-electron chi connectivity index (χ2n) is 7.01. The average molecular weight is 267 g/mol. The lowest BCUT2D eigenvalue weighted by molar-refractivity contribution is -0.871. The Morgan fingerprint density at radius 2 is 1.61 bits per heavy atom. The molecule has 0 heterocycles. The number of anilines is 1. The monoisotopic (exact) mass is 267 g/mol. The molecule has 1 rings (SSSR count). The predicted molar refractivity (Wildman–Crippen MR) is 81.5 cm³/mol. The van der Waals surface area contributed by atoms with Gasteiger partial charge in [0.15, 0.2) is 0 Å². The normalized spacial score (nSPS) is 14.3. The number of ether oxygens (including phenoxy) is 1. The highest BCUT2D eigenvalue weighted by molar-refractivity contribution is 6.77. The van der Waals surface area contributed by atoms with Crippen LogP contribution in [0, 0.1) is 0 Å². The van der Waals surface area contributed by atoms with E-state index in [1.165, 1.54) is 0 Å². The van der Waals surface area contributed by atoms with Gasteiger partial charge in [-0.15, -0.1) is 0 Å². The van der Waals surface area contributed by atoms with Gasteiger partial charge in [0.25, 0.3) is 0 Å². The standard InChI is InChI=1S/C14H27N2OSi/c1-16(2,3)11-14(18(4,5)6)17-13-9-7-12(15)8-10-13/h7-10,14H,11,15H2,1-6H3/q+1. The summed E-state index contributed by atoms with van der Waals surface area (Å²) >= 11 is 0. The van der Waals surface area contributed by atoms with Gasteiger partial charge in [-0.3, -0.25) is 0 Å². The number of hydrogen-bond acceptors (Lipinski definition) is 2. The molecule has 0 radical (unpaired) electrons. The van der Waals surface area contributed by atoms with Crippen LogP contribution in [-0.4, -0.2) is 46.0 Å². The third-order valence-electron chi connectivity index (χ3n) is 2.84. The minimum atomic E-state index is -1.36. The molecule has 3 nitrogen and oxygen atoms in total. The van der Waals surface area contributed by atoms with E-state index < -0.39 is 8.07 Å². The molecular formula is C14H27N2OSi+. The first-order valence-corrected chi connectivity index (χ1v) is 9.98. The summed E-state index contributed by atoms with van der Waals surface area (Å²) in [4.78, 5) is 0. The van der Waals surface area contributed by atoms with Crippen LogP contribution >= 0.6 is 0 Å². The maximum atomic E-state index is 6.20. The Balaban J connectivity index is 2.82. The third-order valence-corrected chi connectivity index (χ3v) is 5.07. The Kier molecular flexibility index (Phi) is 4.45. The molecule has 0 aliphatic rings. The Hall–Kier alpha value is -1.00. The van der Waals surface area contributed by atoms with Crippen LogP contribution in [0.2, 0.25) is 19.6 Å². The highest BCUT2D eigenvalue weighted by Gasteiger charge is 2.33. The van der Waals surface area contributed by atoms with Crippen molar-refractivity contribution in [1.82, 2.24) is 0 Å². The zero-order chi connectivity index (χ0) is 14.0. The molecule has 0 amide bonds. The molecule has 1 aromatic carbocycles. The molecule has 1 aromatic rings. The van der Waals surface area contributed by atoms with Crippen molar-refractivity contribution in [2.24, 2.45) is 0 Å². The summed E-state index contributed by atoms with van der Waals surface area (Å²) in [7, 11) is 5.26. The van der Waals surface area contributed by atoms with E-state index in [0.29, 0.717) is 5.73 Å². The molecule has 18 heavy (non-hydrogen) atoms. The summed E-state index contributed by atoms with van der Waals surface area (Å²) in [5.74, 6) is 0.921. The second-order valence-corrected chi connectivity index (χ2v) is 12.4. The molecule has 0 saturated carbocycles. The minimum absolute atomic E-state index is 0.307. The van der Waals surface area contributed by atoms with Gasteiger partial charge in [-0.2, -0.15) is 0 Å². The molecule has 0 aromatic heterocycles. The SMILES string of the molecule is C[N+](C)(C)CC(Oc1ccc(N)cc1)[Si](C)(C)C. The molecule has 102 valence electrons. The van der Waals surface area contributed by atoms with E-state index in [4.69, 9.17) is 10.5 Å². The summed E-state index contributed by atoms with van der Waals surface area (Å²) in [5, 5.41) is 0. The highest BCUT2D eigenvalue weighted by atomic mass is 28.3. The number of rotatable bonds is 5. The van der Waals surface area contributed by atoms with Crippen LogP contribution in [0.4, 0.5) is 5.69 Å². The number of benzene rings is 1. The molecule has 0 aliphatic heterocycles. The van der Waals surface area contributed by atoms with Crippen LogP contribution in [0.1, 0.15) is 0 Å². The average Bonchev–Trinajstić information content (AvgIpc) is 2.17. The number of nitrogen functional groups attached to an aromatic ring is 1. The van der Waals surface area contributed by atoms with E-state index in [2.05, 4.69) is 40.8 Å². The van der Waals surface area contributed by atoms with E-state index in [1.54, 1.807) is 0 Å². The van der Waals surface area contributed by atoms with Gasteiger partial charge in [0.1, 0.15) is 26.1 Å². The molecule has 0 spiro atoms. The van der Waals surface area contributed by atoms with E-state index in [-0.39, 0.29) is 0 Å². The molecule has 0 fully saturated rings. The predicted octanol–water partition coefficient (Wildman–Crippen LogP) is 2.60. The third kappa shape index (κ3) is 5.10. The number of nitrogens with zero attached hydrogens (tertiary/aromatic N) is 1. The van der Waals surface area contributed by atoms with Crippen molar-refractivity contribution in [2.75, 3.05) is 33.4 Å². The second kappa shape index (κ2) is 5.32. The Labute approximate surface area is 112 Å². The van der Waals surface area contributed by atoms with Crippen LogP contribution in [-0.2, 0) is 0 Å².